The number of carbonyl (C=O) groups is 1. The zero-order chi connectivity index (χ0) is 16.5. The van der Waals surface area contributed by atoms with Gasteiger partial charge in [-0.05, 0) is 43.5 Å². The maximum atomic E-state index is 12.8. The summed E-state index contributed by atoms with van der Waals surface area (Å²) < 4.78 is 32.3. The van der Waals surface area contributed by atoms with E-state index in [4.69, 9.17) is 4.74 Å². The Morgan fingerprint density at radius 3 is 2.55 bits per heavy atom. The summed E-state index contributed by atoms with van der Waals surface area (Å²) in [5, 5.41) is 2.77. The van der Waals surface area contributed by atoms with Gasteiger partial charge in [0.05, 0.1) is 7.11 Å². The van der Waals surface area contributed by atoms with Gasteiger partial charge in [-0.2, -0.15) is 4.31 Å². The van der Waals surface area contributed by atoms with Crippen LogP contribution in [0.15, 0.2) is 17.0 Å². The average molecular weight is 326 g/mol. The SMILES string of the molecule is COc1cc(C)c(C)cc1S(=O)(=O)N1CCC(NC(C)=O)C1. The van der Waals surface area contributed by atoms with E-state index in [1.165, 1.54) is 18.3 Å². The molecule has 1 amide bonds. The number of carbonyl (C=O) groups excluding carboxylic acids is 1. The largest absolute Gasteiger partial charge is 0.495 e. The second kappa shape index (κ2) is 6.26. The van der Waals surface area contributed by atoms with Gasteiger partial charge >= 0.3 is 0 Å². The predicted octanol–water partition coefficient (Wildman–Crippen LogP) is 1.21. The zero-order valence-electron chi connectivity index (χ0n) is 13.3. The number of hydrogen-bond acceptors (Lipinski definition) is 4. The van der Waals surface area contributed by atoms with E-state index in [2.05, 4.69) is 5.32 Å². The monoisotopic (exact) mass is 326 g/mol. The molecule has 0 aliphatic carbocycles. The van der Waals surface area contributed by atoms with Crippen LogP contribution >= 0.6 is 0 Å². The molecule has 6 nitrogen and oxygen atoms in total. The molecule has 2 rings (SSSR count). The van der Waals surface area contributed by atoms with Gasteiger partial charge in [0.25, 0.3) is 0 Å². The molecule has 0 aromatic heterocycles. The fourth-order valence-electron chi connectivity index (χ4n) is 2.62. The standard InChI is InChI=1S/C15H22N2O4S/c1-10-7-14(21-4)15(8-11(10)2)22(19,20)17-6-5-13(9-17)16-12(3)18/h7-8,13H,5-6,9H2,1-4H3,(H,16,18). The first-order valence-electron chi connectivity index (χ1n) is 7.18. The van der Waals surface area contributed by atoms with Gasteiger partial charge in [0.1, 0.15) is 10.6 Å². The van der Waals surface area contributed by atoms with Crippen LogP contribution in [0.5, 0.6) is 5.75 Å². The Kier molecular flexibility index (Phi) is 4.77. The molecule has 1 saturated heterocycles. The number of nitrogens with one attached hydrogen (secondary N) is 1. The molecule has 7 heteroatoms. The van der Waals surface area contributed by atoms with Crippen LogP contribution in [0.25, 0.3) is 0 Å². The topological polar surface area (TPSA) is 75.7 Å². The fraction of sp³-hybridized carbons (Fsp3) is 0.533. The first-order valence-corrected chi connectivity index (χ1v) is 8.62. The minimum absolute atomic E-state index is 0.134. The first kappa shape index (κ1) is 16.8. The van der Waals surface area contributed by atoms with Gasteiger partial charge in [0.15, 0.2) is 0 Å². The van der Waals surface area contributed by atoms with Crippen LogP contribution in [0.4, 0.5) is 0 Å². The molecule has 0 saturated carbocycles. The third kappa shape index (κ3) is 3.25. The van der Waals surface area contributed by atoms with E-state index in [9.17, 15) is 13.2 Å². The summed E-state index contributed by atoms with van der Waals surface area (Å²) >= 11 is 0. The van der Waals surface area contributed by atoms with E-state index in [-0.39, 0.29) is 23.4 Å². The molecule has 1 heterocycles. The van der Waals surface area contributed by atoms with E-state index in [0.717, 1.165) is 11.1 Å². The lowest BCUT2D eigenvalue weighted by Crippen LogP contribution is -2.37. The predicted molar refractivity (Wildman–Crippen MR) is 83.4 cm³/mol. The minimum Gasteiger partial charge on any atom is -0.495 e. The number of sulfonamides is 1. The normalized spacial score (nSPS) is 19.2. The minimum atomic E-state index is -3.63. The van der Waals surface area contributed by atoms with Crippen LogP contribution in [0.1, 0.15) is 24.5 Å². The number of methoxy groups -OCH3 is 1. The van der Waals surface area contributed by atoms with Crippen molar-refractivity contribution >= 4 is 15.9 Å². The van der Waals surface area contributed by atoms with Crippen molar-refractivity contribution in [2.45, 2.75) is 38.1 Å². The van der Waals surface area contributed by atoms with Gasteiger partial charge in [0.2, 0.25) is 15.9 Å². The third-order valence-corrected chi connectivity index (χ3v) is 5.84. The average Bonchev–Trinajstić information content (AvgIpc) is 2.89. The van der Waals surface area contributed by atoms with E-state index in [1.807, 2.05) is 13.8 Å². The van der Waals surface area contributed by atoms with Gasteiger partial charge in [0, 0.05) is 26.1 Å². The highest BCUT2D eigenvalue weighted by molar-refractivity contribution is 7.89. The van der Waals surface area contributed by atoms with Crippen LogP contribution in [0, 0.1) is 13.8 Å². The van der Waals surface area contributed by atoms with Crippen molar-refractivity contribution in [2.24, 2.45) is 0 Å². The Bertz CT molecular complexity index is 685. The Morgan fingerprint density at radius 1 is 1.32 bits per heavy atom. The van der Waals surface area contributed by atoms with Crippen molar-refractivity contribution in [3.05, 3.63) is 23.3 Å². The molecule has 22 heavy (non-hydrogen) atoms. The Morgan fingerprint density at radius 2 is 1.95 bits per heavy atom. The number of rotatable bonds is 4. The number of hydrogen-bond donors (Lipinski definition) is 1. The molecule has 0 spiro atoms. The quantitative estimate of drug-likeness (QED) is 0.902. The van der Waals surface area contributed by atoms with E-state index in [1.54, 1.807) is 12.1 Å². The van der Waals surface area contributed by atoms with Gasteiger partial charge in [-0.25, -0.2) is 8.42 Å². The summed E-state index contributed by atoms with van der Waals surface area (Å²) in [5.41, 5.74) is 1.88. The van der Waals surface area contributed by atoms with Crippen molar-refractivity contribution in [3.8, 4) is 5.75 Å². The highest BCUT2D eigenvalue weighted by atomic mass is 32.2. The fourth-order valence-corrected chi connectivity index (χ4v) is 4.34. The molecule has 0 radical (unpaired) electrons. The van der Waals surface area contributed by atoms with Gasteiger partial charge < -0.3 is 10.1 Å². The molecule has 1 atom stereocenters. The van der Waals surface area contributed by atoms with Gasteiger partial charge in [-0.15, -0.1) is 0 Å². The van der Waals surface area contributed by atoms with E-state index in [0.29, 0.717) is 18.7 Å². The van der Waals surface area contributed by atoms with Crippen molar-refractivity contribution in [2.75, 3.05) is 20.2 Å². The molecule has 122 valence electrons. The van der Waals surface area contributed by atoms with Crippen molar-refractivity contribution < 1.29 is 17.9 Å². The molecule has 1 N–H and O–H groups in total. The lowest BCUT2D eigenvalue weighted by molar-refractivity contribution is -0.119. The Labute approximate surface area is 131 Å². The molecule has 1 aromatic carbocycles. The van der Waals surface area contributed by atoms with Crippen molar-refractivity contribution in [1.29, 1.82) is 0 Å². The first-order chi connectivity index (χ1) is 10.3. The molecule has 1 aromatic rings. The lowest BCUT2D eigenvalue weighted by atomic mass is 10.1. The second-order valence-corrected chi connectivity index (χ2v) is 7.54. The summed E-state index contributed by atoms with van der Waals surface area (Å²) in [6.07, 6.45) is 0.617. The molecule has 1 fully saturated rings. The van der Waals surface area contributed by atoms with Crippen LogP contribution in [0.2, 0.25) is 0 Å². The summed E-state index contributed by atoms with van der Waals surface area (Å²) in [6, 6.07) is 3.25. The van der Waals surface area contributed by atoms with E-state index >= 15 is 0 Å². The summed E-state index contributed by atoms with van der Waals surface area (Å²) in [4.78, 5) is 11.3. The number of amides is 1. The zero-order valence-corrected chi connectivity index (χ0v) is 14.2. The van der Waals surface area contributed by atoms with Crippen LogP contribution in [0.3, 0.4) is 0 Å². The van der Waals surface area contributed by atoms with Gasteiger partial charge in [-0.1, -0.05) is 0 Å². The molecule has 1 aliphatic heterocycles. The number of aryl methyl sites for hydroxylation is 2. The maximum Gasteiger partial charge on any atom is 0.246 e. The summed E-state index contributed by atoms with van der Waals surface area (Å²) in [7, 11) is -2.17. The molecular formula is C15H22N2O4S. The highest BCUT2D eigenvalue weighted by Gasteiger charge is 2.34. The summed E-state index contributed by atoms with van der Waals surface area (Å²) in [6.45, 7) is 5.90. The smallest absolute Gasteiger partial charge is 0.246 e. The lowest BCUT2D eigenvalue weighted by Gasteiger charge is -2.19. The number of benzene rings is 1. The third-order valence-electron chi connectivity index (χ3n) is 3.96. The van der Waals surface area contributed by atoms with Crippen LogP contribution < -0.4 is 10.1 Å². The number of ether oxygens (including phenoxy) is 1. The number of nitrogens with zero attached hydrogens (tertiary/aromatic N) is 1. The molecule has 0 bridgehead atoms. The Hall–Kier alpha value is -1.60. The Balaban J connectivity index is 2.32. The van der Waals surface area contributed by atoms with Crippen molar-refractivity contribution in [3.63, 3.8) is 0 Å². The molecule has 1 unspecified atom stereocenters. The second-order valence-electron chi connectivity index (χ2n) is 5.64. The van der Waals surface area contributed by atoms with Crippen LogP contribution in [-0.4, -0.2) is 44.9 Å². The summed E-state index contributed by atoms with van der Waals surface area (Å²) in [5.74, 6) is 0.207. The molecule has 1 aliphatic rings. The van der Waals surface area contributed by atoms with E-state index < -0.39 is 10.0 Å². The molecular weight excluding hydrogens is 304 g/mol. The maximum absolute atomic E-state index is 12.8. The van der Waals surface area contributed by atoms with Crippen LogP contribution in [-0.2, 0) is 14.8 Å². The van der Waals surface area contributed by atoms with Gasteiger partial charge in [-0.3, -0.25) is 4.79 Å². The highest BCUT2D eigenvalue weighted by Crippen LogP contribution is 2.31. The van der Waals surface area contributed by atoms with Crippen molar-refractivity contribution in [1.82, 2.24) is 9.62 Å².